The molecule has 0 heterocycles. The van der Waals surface area contributed by atoms with Crippen LogP contribution >= 0.6 is 0 Å². The molecule has 0 fully saturated rings. The molecule has 0 aromatic heterocycles. The van der Waals surface area contributed by atoms with Crippen LogP contribution in [-0.2, 0) is 4.79 Å². The van der Waals surface area contributed by atoms with Crippen LogP contribution in [0.15, 0.2) is 97.2 Å². The van der Waals surface area contributed by atoms with Gasteiger partial charge in [0.15, 0.2) is 0 Å². The maximum absolute atomic E-state index is 12.3. The summed E-state index contributed by atoms with van der Waals surface area (Å²) in [5.74, 6) is -0.138. The summed E-state index contributed by atoms with van der Waals surface area (Å²) in [5.41, 5.74) is 0. The maximum Gasteiger partial charge on any atom is 0.220 e. The van der Waals surface area contributed by atoms with E-state index in [0.29, 0.717) is 6.42 Å². The van der Waals surface area contributed by atoms with E-state index in [0.717, 1.165) is 70.6 Å². The van der Waals surface area contributed by atoms with E-state index in [4.69, 9.17) is 0 Å². The van der Waals surface area contributed by atoms with Gasteiger partial charge in [-0.3, -0.25) is 4.79 Å². The lowest BCUT2D eigenvalue weighted by molar-refractivity contribution is -0.122. The first-order chi connectivity index (χ1) is 26.7. The van der Waals surface area contributed by atoms with Crippen molar-refractivity contribution in [3.8, 4) is 0 Å². The predicted octanol–water partition coefficient (Wildman–Crippen LogP) is 14.2. The number of amides is 1. The van der Waals surface area contributed by atoms with Gasteiger partial charge in [0, 0.05) is 6.42 Å². The molecule has 0 spiro atoms. The molecule has 2 unspecified atom stereocenters. The molecule has 4 nitrogen and oxygen atoms in total. The maximum atomic E-state index is 12.3. The van der Waals surface area contributed by atoms with Gasteiger partial charge >= 0.3 is 0 Å². The Morgan fingerprint density at radius 1 is 0.463 bits per heavy atom. The minimum absolute atomic E-state index is 0.138. The Morgan fingerprint density at radius 3 is 1.30 bits per heavy atom. The first-order valence-corrected chi connectivity index (χ1v) is 22.5. The molecule has 0 saturated carbocycles. The highest BCUT2D eigenvalue weighted by Crippen LogP contribution is 2.14. The largest absolute Gasteiger partial charge is 0.394 e. The van der Waals surface area contributed by atoms with Crippen molar-refractivity contribution in [2.75, 3.05) is 6.61 Å². The summed E-state index contributed by atoms with van der Waals surface area (Å²) >= 11 is 0. The quantitative estimate of drug-likeness (QED) is 0.0433. The molecule has 0 aliphatic rings. The monoisotopic (exact) mass is 748 g/mol. The third-order valence-electron chi connectivity index (χ3n) is 9.53. The number of hydrogen-bond donors (Lipinski definition) is 3. The zero-order chi connectivity index (χ0) is 39.3. The summed E-state index contributed by atoms with van der Waals surface area (Å²) in [6.45, 7) is 4.15. The first-order valence-electron chi connectivity index (χ1n) is 22.5. The Kier molecular flexibility index (Phi) is 42.5. The second kappa shape index (κ2) is 44.7. The third kappa shape index (κ3) is 40.5. The van der Waals surface area contributed by atoms with Crippen LogP contribution in [0.1, 0.15) is 194 Å². The number of rotatable bonds is 39. The molecular weight excluding hydrogens is 663 g/mol. The van der Waals surface area contributed by atoms with Gasteiger partial charge in [-0.25, -0.2) is 0 Å². The molecule has 308 valence electrons. The number of aliphatic hydroxyl groups is 2. The standard InChI is InChI=1S/C50H85NO3/c1-3-5-7-9-11-13-15-17-19-21-22-23-24-25-26-27-28-30-31-33-35-37-39-41-43-45-49(53)48(47-52)51-50(54)46-44-42-40-38-36-34-32-29-20-18-16-14-12-10-8-6-4-2/h6,8,12,14,18,20,28,30,32,34-35,37-38,40,43,45,48-49,52-53H,3-5,7,9-11,13,15-17,19,21-27,29,31,33,36,39,41-42,44,46-47H2,1-2H3,(H,51,54)/b8-6-,14-12-,20-18-,30-28+,34-32-,37-35+,40-38-,45-43+. The van der Waals surface area contributed by atoms with Gasteiger partial charge in [-0.1, -0.05) is 201 Å². The summed E-state index contributed by atoms with van der Waals surface area (Å²) in [6.07, 6.45) is 66.7. The number of carbonyl (C=O) groups is 1. The molecule has 0 aromatic rings. The number of carbonyl (C=O) groups excluding carboxylic acids is 1. The van der Waals surface area contributed by atoms with Gasteiger partial charge in [-0.2, -0.15) is 0 Å². The third-order valence-corrected chi connectivity index (χ3v) is 9.53. The summed E-state index contributed by atoms with van der Waals surface area (Å²) in [5, 5.41) is 22.9. The zero-order valence-corrected chi connectivity index (χ0v) is 35.2. The van der Waals surface area contributed by atoms with E-state index in [1.165, 1.54) is 103 Å². The summed E-state index contributed by atoms with van der Waals surface area (Å²) in [6, 6.07) is -0.681. The van der Waals surface area contributed by atoms with Crippen molar-refractivity contribution in [3.05, 3.63) is 97.2 Å². The Bertz CT molecular complexity index is 1030. The van der Waals surface area contributed by atoms with Crippen molar-refractivity contribution in [1.82, 2.24) is 5.32 Å². The van der Waals surface area contributed by atoms with Gasteiger partial charge in [0.2, 0.25) is 5.91 Å². The van der Waals surface area contributed by atoms with Crippen LogP contribution in [-0.4, -0.2) is 34.9 Å². The fraction of sp³-hybridized carbons (Fsp3) is 0.660. The predicted molar refractivity (Wildman–Crippen MR) is 239 cm³/mol. The van der Waals surface area contributed by atoms with Gasteiger partial charge in [-0.15, -0.1) is 0 Å². The summed E-state index contributed by atoms with van der Waals surface area (Å²) < 4.78 is 0. The lowest BCUT2D eigenvalue weighted by Crippen LogP contribution is -2.45. The Balaban J connectivity index is 3.74. The van der Waals surface area contributed by atoms with Crippen molar-refractivity contribution in [1.29, 1.82) is 0 Å². The molecule has 4 heteroatoms. The highest BCUT2D eigenvalue weighted by Gasteiger charge is 2.17. The lowest BCUT2D eigenvalue weighted by Gasteiger charge is -2.19. The van der Waals surface area contributed by atoms with Crippen LogP contribution in [0.2, 0.25) is 0 Å². The van der Waals surface area contributed by atoms with E-state index in [1.54, 1.807) is 6.08 Å². The molecule has 0 rings (SSSR count). The fourth-order valence-corrected chi connectivity index (χ4v) is 6.13. The molecule has 0 aromatic carbocycles. The summed E-state index contributed by atoms with van der Waals surface area (Å²) in [4.78, 5) is 12.3. The highest BCUT2D eigenvalue weighted by atomic mass is 16.3. The van der Waals surface area contributed by atoms with Gasteiger partial charge in [-0.05, 0) is 83.5 Å². The van der Waals surface area contributed by atoms with Crippen LogP contribution in [0.4, 0.5) is 0 Å². The lowest BCUT2D eigenvalue weighted by atomic mass is 10.0. The second-order valence-corrected chi connectivity index (χ2v) is 14.7. The minimum atomic E-state index is -0.899. The van der Waals surface area contributed by atoms with Crippen molar-refractivity contribution in [2.24, 2.45) is 0 Å². The van der Waals surface area contributed by atoms with Gasteiger partial charge < -0.3 is 15.5 Å². The first kappa shape index (κ1) is 51.3. The Labute approximate surface area is 334 Å². The number of unbranched alkanes of at least 4 members (excludes halogenated alkanes) is 18. The molecule has 0 aliphatic carbocycles. The minimum Gasteiger partial charge on any atom is -0.394 e. The molecule has 0 aliphatic heterocycles. The smallest absolute Gasteiger partial charge is 0.220 e. The average Bonchev–Trinajstić information content (AvgIpc) is 3.18. The molecule has 54 heavy (non-hydrogen) atoms. The molecular formula is C50H85NO3. The van der Waals surface area contributed by atoms with Gasteiger partial charge in [0.05, 0.1) is 18.8 Å². The summed E-state index contributed by atoms with van der Waals surface area (Å²) in [7, 11) is 0. The highest BCUT2D eigenvalue weighted by molar-refractivity contribution is 5.76. The van der Waals surface area contributed by atoms with E-state index >= 15 is 0 Å². The van der Waals surface area contributed by atoms with Crippen LogP contribution in [0.3, 0.4) is 0 Å². The van der Waals surface area contributed by atoms with E-state index < -0.39 is 12.1 Å². The number of nitrogens with one attached hydrogen (secondary N) is 1. The van der Waals surface area contributed by atoms with Crippen molar-refractivity contribution >= 4 is 5.91 Å². The van der Waals surface area contributed by atoms with Gasteiger partial charge in [0.1, 0.15) is 0 Å². The van der Waals surface area contributed by atoms with Crippen molar-refractivity contribution in [3.63, 3.8) is 0 Å². The van der Waals surface area contributed by atoms with E-state index in [-0.39, 0.29) is 12.5 Å². The van der Waals surface area contributed by atoms with E-state index in [2.05, 4.69) is 104 Å². The molecule has 1 amide bonds. The Morgan fingerprint density at radius 2 is 0.833 bits per heavy atom. The normalized spacial score (nSPS) is 13.9. The van der Waals surface area contributed by atoms with E-state index in [1.807, 2.05) is 6.08 Å². The van der Waals surface area contributed by atoms with E-state index in [9.17, 15) is 15.0 Å². The molecule has 2 atom stereocenters. The molecule has 0 radical (unpaired) electrons. The zero-order valence-electron chi connectivity index (χ0n) is 35.2. The van der Waals surface area contributed by atoms with Crippen LogP contribution in [0.5, 0.6) is 0 Å². The molecule has 0 bridgehead atoms. The number of aliphatic hydroxyl groups excluding tert-OH is 2. The van der Waals surface area contributed by atoms with Gasteiger partial charge in [0.25, 0.3) is 0 Å². The number of hydrogen-bond acceptors (Lipinski definition) is 3. The van der Waals surface area contributed by atoms with Crippen LogP contribution < -0.4 is 5.32 Å². The van der Waals surface area contributed by atoms with Crippen molar-refractivity contribution in [2.45, 2.75) is 206 Å². The topological polar surface area (TPSA) is 69.6 Å². The number of allylic oxidation sites excluding steroid dienone is 15. The molecule has 0 saturated heterocycles. The fourth-order valence-electron chi connectivity index (χ4n) is 6.13. The van der Waals surface area contributed by atoms with Crippen molar-refractivity contribution < 1.29 is 15.0 Å². The van der Waals surface area contributed by atoms with Crippen LogP contribution in [0, 0.1) is 0 Å². The molecule has 3 N–H and O–H groups in total. The average molecular weight is 748 g/mol. The van der Waals surface area contributed by atoms with Crippen LogP contribution in [0.25, 0.3) is 0 Å². The SMILES string of the molecule is CC/C=C\C/C=C\C/C=C\C/C=C\C/C=C\CCCC(=O)NC(CO)C(O)/C=C/CC/C=C/CC/C=C/CCCCCCCCCCCCCCCCC. The second-order valence-electron chi connectivity index (χ2n) is 14.7. The Hall–Kier alpha value is -2.69.